The van der Waals surface area contributed by atoms with Crippen molar-refractivity contribution in [1.82, 2.24) is 0 Å². The van der Waals surface area contributed by atoms with Gasteiger partial charge in [-0.05, 0) is 6.07 Å². The van der Waals surface area contributed by atoms with Gasteiger partial charge in [-0.2, -0.15) is 0 Å². The third-order valence-corrected chi connectivity index (χ3v) is 3.18. The van der Waals surface area contributed by atoms with Crippen LogP contribution in [0, 0.1) is 0 Å². The summed E-state index contributed by atoms with van der Waals surface area (Å²) in [6.45, 7) is -0.309. The van der Waals surface area contributed by atoms with Crippen molar-refractivity contribution in [2.75, 3.05) is 5.73 Å². The number of aliphatic hydroxyl groups excluding tert-OH is 1. The van der Waals surface area contributed by atoms with E-state index in [1.807, 2.05) is 0 Å². The molecule has 0 aliphatic heterocycles. The van der Waals surface area contributed by atoms with Crippen LogP contribution < -0.4 is 10.9 Å². The molecule has 0 aromatic heterocycles. The van der Waals surface area contributed by atoms with Crippen molar-refractivity contribution in [1.29, 1.82) is 0 Å². The molecule has 0 spiro atoms. The van der Waals surface area contributed by atoms with E-state index in [9.17, 15) is 8.42 Å². The minimum absolute atomic E-state index is 0.0284. The van der Waals surface area contributed by atoms with Crippen molar-refractivity contribution in [3.63, 3.8) is 0 Å². The quantitative estimate of drug-likeness (QED) is 0.632. The zero-order valence-corrected chi connectivity index (χ0v) is 8.64. The Morgan fingerprint density at radius 3 is 2.43 bits per heavy atom. The van der Waals surface area contributed by atoms with Crippen molar-refractivity contribution in [2.24, 2.45) is 5.14 Å². The largest absolute Gasteiger partial charge is 0.397 e. The summed E-state index contributed by atoms with van der Waals surface area (Å²) in [5.74, 6) is 0. The van der Waals surface area contributed by atoms with Crippen LogP contribution in [0.25, 0.3) is 0 Å². The average Bonchev–Trinajstić information content (AvgIpc) is 2.07. The second-order valence-corrected chi connectivity index (χ2v) is 4.56. The molecule has 0 amide bonds. The van der Waals surface area contributed by atoms with Crippen LogP contribution >= 0.6 is 11.6 Å². The summed E-state index contributed by atoms with van der Waals surface area (Å²) in [5.41, 5.74) is 5.87. The van der Waals surface area contributed by atoms with Gasteiger partial charge in [0.25, 0.3) is 0 Å². The molecular formula is C7H9ClN2O3S. The SMILES string of the molecule is Nc1c(CO)ccc(S(N)(=O)=O)c1Cl. The number of halogens is 1. The van der Waals surface area contributed by atoms with Crippen LogP contribution in [0.4, 0.5) is 5.69 Å². The monoisotopic (exact) mass is 236 g/mol. The molecule has 0 saturated carbocycles. The van der Waals surface area contributed by atoms with Crippen LogP contribution in [0.2, 0.25) is 5.02 Å². The van der Waals surface area contributed by atoms with Gasteiger partial charge in [-0.3, -0.25) is 0 Å². The van der Waals surface area contributed by atoms with Gasteiger partial charge in [0.15, 0.2) is 0 Å². The molecule has 0 saturated heterocycles. The van der Waals surface area contributed by atoms with Crippen molar-refractivity contribution in [2.45, 2.75) is 11.5 Å². The summed E-state index contributed by atoms with van der Waals surface area (Å²) in [5, 5.41) is 13.6. The summed E-state index contributed by atoms with van der Waals surface area (Å²) in [6, 6.07) is 2.57. The number of sulfonamides is 1. The number of rotatable bonds is 2. The van der Waals surface area contributed by atoms with Crippen LogP contribution in [-0.2, 0) is 16.6 Å². The first-order valence-corrected chi connectivity index (χ1v) is 5.51. The van der Waals surface area contributed by atoms with Gasteiger partial charge in [0.05, 0.1) is 17.3 Å². The normalized spacial score (nSPS) is 11.6. The second kappa shape index (κ2) is 3.74. The molecule has 0 radical (unpaired) electrons. The first kappa shape index (κ1) is 11.3. The molecule has 78 valence electrons. The van der Waals surface area contributed by atoms with E-state index in [0.29, 0.717) is 5.56 Å². The Morgan fingerprint density at radius 2 is 2.00 bits per heavy atom. The highest BCUT2D eigenvalue weighted by Crippen LogP contribution is 2.29. The third kappa shape index (κ3) is 1.98. The van der Waals surface area contributed by atoms with Crippen LogP contribution in [-0.4, -0.2) is 13.5 Å². The predicted molar refractivity (Wildman–Crippen MR) is 53.2 cm³/mol. The minimum Gasteiger partial charge on any atom is -0.397 e. The summed E-state index contributed by atoms with van der Waals surface area (Å²) in [6.07, 6.45) is 0. The van der Waals surface area contributed by atoms with E-state index >= 15 is 0 Å². The van der Waals surface area contributed by atoms with Crippen molar-refractivity contribution >= 4 is 27.3 Å². The lowest BCUT2D eigenvalue weighted by molar-refractivity contribution is 0.282. The molecule has 5 N–H and O–H groups in total. The van der Waals surface area contributed by atoms with E-state index in [1.165, 1.54) is 12.1 Å². The lowest BCUT2D eigenvalue weighted by Crippen LogP contribution is -2.13. The zero-order chi connectivity index (χ0) is 10.9. The van der Waals surface area contributed by atoms with Crippen LogP contribution in [0.15, 0.2) is 17.0 Å². The molecular weight excluding hydrogens is 228 g/mol. The highest BCUT2D eigenvalue weighted by Gasteiger charge is 2.16. The number of anilines is 1. The van der Waals surface area contributed by atoms with E-state index in [0.717, 1.165) is 0 Å². The minimum atomic E-state index is -3.87. The number of hydrogen-bond acceptors (Lipinski definition) is 4. The van der Waals surface area contributed by atoms with Gasteiger partial charge in [-0.25, -0.2) is 13.6 Å². The van der Waals surface area contributed by atoms with Gasteiger partial charge in [0.1, 0.15) is 4.90 Å². The van der Waals surface area contributed by atoms with E-state index in [1.54, 1.807) is 0 Å². The molecule has 7 heteroatoms. The Morgan fingerprint density at radius 1 is 1.43 bits per heavy atom. The predicted octanol–water partition coefficient (Wildman–Crippen LogP) is 0.0619. The Kier molecular flexibility index (Phi) is 3.01. The lowest BCUT2D eigenvalue weighted by Gasteiger charge is -2.07. The summed E-state index contributed by atoms with van der Waals surface area (Å²) >= 11 is 5.67. The fraction of sp³-hybridized carbons (Fsp3) is 0.143. The number of benzene rings is 1. The fourth-order valence-corrected chi connectivity index (χ4v) is 2.09. The first-order chi connectivity index (χ1) is 6.38. The Labute approximate surface area is 86.3 Å². The van der Waals surface area contributed by atoms with Gasteiger partial charge < -0.3 is 10.8 Å². The Hall–Kier alpha value is -0.820. The standard InChI is InChI=1S/C7H9ClN2O3S/c8-6-5(14(10,12)13)2-1-4(3-11)7(6)9/h1-2,11H,3,9H2,(H2,10,12,13). The average molecular weight is 237 g/mol. The molecule has 1 aromatic rings. The molecule has 0 aliphatic carbocycles. The first-order valence-electron chi connectivity index (χ1n) is 3.58. The molecule has 1 rings (SSSR count). The number of aliphatic hydroxyl groups is 1. The molecule has 0 unspecified atom stereocenters. The number of nitrogen functional groups attached to an aromatic ring is 1. The topological polar surface area (TPSA) is 106 Å². The van der Waals surface area contributed by atoms with Gasteiger partial charge in [-0.15, -0.1) is 0 Å². The third-order valence-electron chi connectivity index (χ3n) is 1.71. The van der Waals surface area contributed by atoms with Gasteiger partial charge in [-0.1, -0.05) is 17.7 Å². The molecule has 1 aromatic carbocycles. The maximum Gasteiger partial charge on any atom is 0.239 e. The van der Waals surface area contributed by atoms with Crippen molar-refractivity contribution in [3.05, 3.63) is 22.7 Å². The van der Waals surface area contributed by atoms with E-state index in [2.05, 4.69) is 0 Å². The molecule has 0 atom stereocenters. The van der Waals surface area contributed by atoms with E-state index in [-0.39, 0.29) is 22.2 Å². The smallest absolute Gasteiger partial charge is 0.239 e. The Balaban J connectivity index is 3.47. The fourth-order valence-electron chi connectivity index (χ4n) is 0.971. The van der Waals surface area contributed by atoms with Gasteiger partial charge in [0.2, 0.25) is 10.0 Å². The second-order valence-electron chi connectivity index (χ2n) is 2.65. The van der Waals surface area contributed by atoms with Crippen LogP contribution in [0.3, 0.4) is 0 Å². The zero-order valence-electron chi connectivity index (χ0n) is 7.07. The summed E-state index contributed by atoms with van der Waals surface area (Å²) in [7, 11) is -3.87. The van der Waals surface area contributed by atoms with Gasteiger partial charge >= 0.3 is 0 Å². The van der Waals surface area contributed by atoms with Crippen molar-refractivity contribution < 1.29 is 13.5 Å². The highest BCUT2D eigenvalue weighted by atomic mass is 35.5. The Bertz CT molecular complexity index is 458. The number of hydrogen-bond donors (Lipinski definition) is 3. The van der Waals surface area contributed by atoms with Crippen molar-refractivity contribution in [3.8, 4) is 0 Å². The number of nitrogens with two attached hydrogens (primary N) is 2. The lowest BCUT2D eigenvalue weighted by atomic mass is 10.2. The van der Waals surface area contributed by atoms with Crippen LogP contribution in [0.5, 0.6) is 0 Å². The molecule has 0 heterocycles. The molecule has 0 bridgehead atoms. The highest BCUT2D eigenvalue weighted by molar-refractivity contribution is 7.89. The van der Waals surface area contributed by atoms with E-state index in [4.69, 9.17) is 27.6 Å². The summed E-state index contributed by atoms with van der Waals surface area (Å²) in [4.78, 5) is -0.242. The maximum absolute atomic E-state index is 11.0. The van der Waals surface area contributed by atoms with E-state index < -0.39 is 10.0 Å². The maximum atomic E-state index is 11.0. The number of primary sulfonamides is 1. The molecule has 14 heavy (non-hydrogen) atoms. The molecule has 5 nitrogen and oxygen atoms in total. The molecule has 0 aliphatic rings. The molecule has 0 fully saturated rings. The summed E-state index contributed by atoms with van der Waals surface area (Å²) < 4.78 is 22.0. The van der Waals surface area contributed by atoms with Crippen LogP contribution in [0.1, 0.15) is 5.56 Å². The van der Waals surface area contributed by atoms with Gasteiger partial charge in [0, 0.05) is 5.56 Å².